The molecule has 1 heterocycles. The number of carboxylic acids is 1. The largest absolute Gasteiger partial charge is 0.481 e. The van der Waals surface area contributed by atoms with Crippen molar-refractivity contribution in [1.82, 2.24) is 15.5 Å². The minimum Gasteiger partial charge on any atom is -0.481 e. The number of aliphatic carboxylic acids is 1. The summed E-state index contributed by atoms with van der Waals surface area (Å²) in [4.78, 5) is 27.1. The number of carboxylic acid groups (broad SMARTS) is 1. The molecule has 0 aliphatic heterocycles. The predicted molar refractivity (Wildman–Crippen MR) is 77.2 cm³/mol. The van der Waals surface area contributed by atoms with Gasteiger partial charge in [-0.25, -0.2) is 0 Å². The molecular weight excluding hydrogens is 286 g/mol. The van der Waals surface area contributed by atoms with Gasteiger partial charge in [0.15, 0.2) is 5.82 Å². The van der Waals surface area contributed by atoms with E-state index in [0.29, 0.717) is 23.7 Å². The number of carbonyl (C=O) groups excluding carboxylic acids is 1. The maximum absolute atomic E-state index is 11.8. The number of aryl methyl sites for hydroxylation is 2. The second kappa shape index (κ2) is 7.35. The first kappa shape index (κ1) is 15.7. The van der Waals surface area contributed by atoms with Gasteiger partial charge in [0.2, 0.25) is 11.8 Å². The van der Waals surface area contributed by atoms with E-state index in [1.165, 1.54) is 0 Å². The van der Waals surface area contributed by atoms with E-state index in [0.717, 1.165) is 0 Å². The van der Waals surface area contributed by atoms with Crippen molar-refractivity contribution in [3.63, 3.8) is 0 Å². The van der Waals surface area contributed by atoms with Crippen LogP contribution in [0.3, 0.4) is 0 Å². The van der Waals surface area contributed by atoms with Crippen LogP contribution in [0.4, 0.5) is 0 Å². The van der Waals surface area contributed by atoms with Gasteiger partial charge in [-0.3, -0.25) is 9.59 Å². The number of rotatable bonds is 7. The summed E-state index contributed by atoms with van der Waals surface area (Å²) in [6, 6.07) is 8.81. The zero-order chi connectivity index (χ0) is 15.9. The topological polar surface area (TPSA) is 105 Å². The van der Waals surface area contributed by atoms with Gasteiger partial charge < -0.3 is 14.9 Å². The fourth-order valence-electron chi connectivity index (χ4n) is 2.00. The third kappa shape index (κ3) is 4.41. The molecule has 0 aliphatic rings. The molecule has 2 aromatic rings. The van der Waals surface area contributed by atoms with Gasteiger partial charge in [0, 0.05) is 19.4 Å². The summed E-state index contributed by atoms with van der Waals surface area (Å²) in [6.45, 7) is 1.74. The van der Waals surface area contributed by atoms with Crippen molar-refractivity contribution in [2.75, 3.05) is 6.54 Å². The van der Waals surface area contributed by atoms with Crippen LogP contribution in [0.25, 0.3) is 0 Å². The van der Waals surface area contributed by atoms with E-state index in [2.05, 4.69) is 15.5 Å². The molecule has 7 heteroatoms. The van der Waals surface area contributed by atoms with E-state index in [1.54, 1.807) is 31.2 Å². The minimum absolute atomic E-state index is 0.0427. The van der Waals surface area contributed by atoms with E-state index in [1.807, 2.05) is 6.07 Å². The third-order valence-electron chi connectivity index (χ3n) is 3.14. The second-order valence-electron chi connectivity index (χ2n) is 4.84. The molecule has 1 atom stereocenters. The first-order valence-corrected chi connectivity index (χ1v) is 6.90. The van der Waals surface area contributed by atoms with E-state index in [4.69, 9.17) is 4.52 Å². The summed E-state index contributed by atoms with van der Waals surface area (Å²) < 4.78 is 4.91. The molecule has 0 bridgehead atoms. The summed E-state index contributed by atoms with van der Waals surface area (Å²) in [7, 11) is 0. The molecule has 0 fully saturated rings. The lowest BCUT2D eigenvalue weighted by atomic mass is 9.99. The van der Waals surface area contributed by atoms with E-state index in [-0.39, 0.29) is 18.9 Å². The first-order chi connectivity index (χ1) is 10.6. The van der Waals surface area contributed by atoms with Gasteiger partial charge in [-0.1, -0.05) is 35.5 Å². The first-order valence-electron chi connectivity index (χ1n) is 6.90. The monoisotopic (exact) mass is 303 g/mol. The number of aromatic nitrogens is 2. The lowest BCUT2D eigenvalue weighted by Gasteiger charge is -2.13. The Morgan fingerprint density at radius 1 is 1.32 bits per heavy atom. The molecule has 1 aromatic carbocycles. The van der Waals surface area contributed by atoms with Crippen molar-refractivity contribution in [3.8, 4) is 0 Å². The van der Waals surface area contributed by atoms with Gasteiger partial charge in [0.05, 0.1) is 5.92 Å². The Bertz CT molecular complexity index is 639. The highest BCUT2D eigenvalue weighted by Gasteiger charge is 2.20. The predicted octanol–water partition coefficient (Wildman–Crippen LogP) is 1.30. The molecule has 7 nitrogen and oxygen atoms in total. The Morgan fingerprint density at radius 2 is 2.05 bits per heavy atom. The van der Waals surface area contributed by atoms with Crippen molar-refractivity contribution in [3.05, 3.63) is 47.6 Å². The molecule has 0 aliphatic carbocycles. The molecule has 1 unspecified atom stereocenters. The molecule has 2 N–H and O–H groups in total. The van der Waals surface area contributed by atoms with Gasteiger partial charge in [-0.15, -0.1) is 0 Å². The highest BCUT2D eigenvalue weighted by Crippen LogP contribution is 2.14. The van der Waals surface area contributed by atoms with Crippen LogP contribution in [0.5, 0.6) is 0 Å². The van der Waals surface area contributed by atoms with Crippen LogP contribution < -0.4 is 5.32 Å². The Morgan fingerprint density at radius 3 is 2.64 bits per heavy atom. The molecule has 0 saturated heterocycles. The molecule has 0 saturated carbocycles. The number of carbonyl (C=O) groups is 2. The number of benzene rings is 1. The fraction of sp³-hybridized carbons (Fsp3) is 0.333. The third-order valence-corrected chi connectivity index (χ3v) is 3.14. The van der Waals surface area contributed by atoms with Gasteiger partial charge in [0.1, 0.15) is 0 Å². The molecular formula is C15H17N3O4. The van der Waals surface area contributed by atoms with Crippen molar-refractivity contribution in [2.45, 2.75) is 25.7 Å². The van der Waals surface area contributed by atoms with Crippen LogP contribution in [-0.4, -0.2) is 33.7 Å². The summed E-state index contributed by atoms with van der Waals surface area (Å²) in [5.74, 6) is -1.08. The van der Waals surface area contributed by atoms with E-state index < -0.39 is 11.9 Å². The number of hydrogen-bond acceptors (Lipinski definition) is 5. The average Bonchev–Trinajstić information content (AvgIpc) is 2.92. The Balaban J connectivity index is 1.84. The number of nitrogens with zero attached hydrogens (tertiary/aromatic N) is 2. The smallest absolute Gasteiger partial charge is 0.312 e. The van der Waals surface area contributed by atoms with Gasteiger partial charge in [0.25, 0.3) is 0 Å². The van der Waals surface area contributed by atoms with Crippen LogP contribution in [0, 0.1) is 6.92 Å². The highest BCUT2D eigenvalue weighted by atomic mass is 16.5. The molecule has 0 spiro atoms. The number of hydrogen-bond donors (Lipinski definition) is 2. The molecule has 22 heavy (non-hydrogen) atoms. The maximum atomic E-state index is 11.8. The van der Waals surface area contributed by atoms with Crippen molar-refractivity contribution >= 4 is 11.9 Å². The minimum atomic E-state index is -0.973. The molecule has 1 aromatic heterocycles. The lowest BCUT2D eigenvalue weighted by molar-refractivity contribution is -0.138. The Kier molecular flexibility index (Phi) is 5.24. The summed E-state index contributed by atoms with van der Waals surface area (Å²) in [6.07, 6.45) is 0.499. The van der Waals surface area contributed by atoms with Crippen molar-refractivity contribution in [2.24, 2.45) is 0 Å². The summed E-state index contributed by atoms with van der Waals surface area (Å²) in [5, 5.41) is 15.5. The van der Waals surface area contributed by atoms with Gasteiger partial charge in [-0.05, 0) is 12.5 Å². The Hall–Kier alpha value is -2.70. The quantitative estimate of drug-likeness (QED) is 0.798. The SMILES string of the molecule is Cc1noc(CCC(=O)NCC(C(=O)O)c2ccccc2)n1. The maximum Gasteiger partial charge on any atom is 0.312 e. The van der Waals surface area contributed by atoms with Crippen molar-refractivity contribution < 1.29 is 19.2 Å². The second-order valence-corrected chi connectivity index (χ2v) is 4.84. The van der Waals surface area contributed by atoms with Crippen LogP contribution in [-0.2, 0) is 16.0 Å². The zero-order valence-corrected chi connectivity index (χ0v) is 12.2. The number of nitrogens with one attached hydrogen (secondary N) is 1. The fourth-order valence-corrected chi connectivity index (χ4v) is 2.00. The molecule has 0 radical (unpaired) electrons. The standard InChI is InChI=1S/C15H17N3O4/c1-10-17-14(22-18-10)8-7-13(19)16-9-12(15(20)21)11-5-3-2-4-6-11/h2-6,12H,7-9H2,1H3,(H,16,19)(H,20,21). The lowest BCUT2D eigenvalue weighted by Crippen LogP contribution is -2.31. The summed E-state index contributed by atoms with van der Waals surface area (Å²) >= 11 is 0. The van der Waals surface area contributed by atoms with Crippen LogP contribution >= 0.6 is 0 Å². The van der Waals surface area contributed by atoms with Crippen LogP contribution in [0.1, 0.15) is 29.6 Å². The van der Waals surface area contributed by atoms with Gasteiger partial charge >= 0.3 is 5.97 Å². The molecule has 116 valence electrons. The Labute approximate surface area is 127 Å². The number of amides is 1. The van der Waals surface area contributed by atoms with Gasteiger partial charge in [-0.2, -0.15) is 4.98 Å². The normalized spacial score (nSPS) is 11.9. The molecule has 1 amide bonds. The van der Waals surface area contributed by atoms with Crippen molar-refractivity contribution in [1.29, 1.82) is 0 Å². The van der Waals surface area contributed by atoms with Crippen LogP contribution in [0.15, 0.2) is 34.9 Å². The average molecular weight is 303 g/mol. The highest BCUT2D eigenvalue weighted by molar-refractivity contribution is 5.79. The van der Waals surface area contributed by atoms with E-state index >= 15 is 0 Å². The molecule has 2 rings (SSSR count). The zero-order valence-electron chi connectivity index (χ0n) is 12.2. The van der Waals surface area contributed by atoms with Crippen LogP contribution in [0.2, 0.25) is 0 Å². The van der Waals surface area contributed by atoms with E-state index in [9.17, 15) is 14.7 Å². The summed E-state index contributed by atoms with van der Waals surface area (Å²) in [5.41, 5.74) is 0.655.